The van der Waals surface area contributed by atoms with Crippen molar-refractivity contribution in [2.45, 2.75) is 12.3 Å². The first kappa shape index (κ1) is 21.3. The van der Waals surface area contributed by atoms with Gasteiger partial charge in [0.1, 0.15) is 12.7 Å². The summed E-state index contributed by atoms with van der Waals surface area (Å²) in [7, 11) is 0. The molecule has 31 heavy (non-hydrogen) atoms. The SMILES string of the molecule is O=C(CN1CCN(c2cccc(C(F)(F)F)c2)CC1)NCC1COc2ccccc2O1. The van der Waals surface area contributed by atoms with E-state index in [-0.39, 0.29) is 18.6 Å². The second-order valence-electron chi connectivity index (χ2n) is 7.61. The molecule has 1 unspecified atom stereocenters. The molecule has 166 valence electrons. The van der Waals surface area contributed by atoms with Gasteiger partial charge in [-0.1, -0.05) is 18.2 Å². The Kier molecular flexibility index (Phi) is 6.22. The van der Waals surface area contributed by atoms with Crippen molar-refractivity contribution >= 4 is 11.6 Å². The maximum Gasteiger partial charge on any atom is 0.416 e. The number of benzene rings is 2. The number of nitrogens with zero attached hydrogens (tertiary/aromatic N) is 2. The lowest BCUT2D eigenvalue weighted by atomic mass is 10.1. The van der Waals surface area contributed by atoms with Gasteiger partial charge in [0.05, 0.1) is 18.7 Å². The van der Waals surface area contributed by atoms with Crippen molar-refractivity contribution in [3.63, 3.8) is 0 Å². The molecule has 0 bridgehead atoms. The third-order valence-corrected chi connectivity index (χ3v) is 5.37. The van der Waals surface area contributed by atoms with Crippen molar-refractivity contribution < 1.29 is 27.4 Å². The molecule has 2 heterocycles. The van der Waals surface area contributed by atoms with Gasteiger partial charge in [-0.25, -0.2) is 0 Å². The van der Waals surface area contributed by atoms with Crippen LogP contribution in [-0.4, -0.2) is 62.8 Å². The van der Waals surface area contributed by atoms with Gasteiger partial charge in [0.15, 0.2) is 11.5 Å². The van der Waals surface area contributed by atoms with Gasteiger partial charge in [0.2, 0.25) is 5.91 Å². The summed E-state index contributed by atoms with van der Waals surface area (Å²) < 4.78 is 50.3. The molecule has 9 heteroatoms. The van der Waals surface area contributed by atoms with Gasteiger partial charge in [-0.05, 0) is 30.3 Å². The molecule has 0 aromatic heterocycles. The van der Waals surface area contributed by atoms with Crippen molar-refractivity contribution in [3.05, 3.63) is 54.1 Å². The maximum atomic E-state index is 12.9. The number of piperazine rings is 1. The third kappa shape index (κ3) is 5.41. The van der Waals surface area contributed by atoms with E-state index in [2.05, 4.69) is 5.32 Å². The van der Waals surface area contributed by atoms with E-state index < -0.39 is 11.7 Å². The van der Waals surface area contributed by atoms with Crippen molar-refractivity contribution in [2.24, 2.45) is 0 Å². The van der Waals surface area contributed by atoms with Crippen LogP contribution in [0.15, 0.2) is 48.5 Å². The molecule has 1 amide bonds. The largest absolute Gasteiger partial charge is 0.486 e. The van der Waals surface area contributed by atoms with Crippen LogP contribution in [0.5, 0.6) is 11.5 Å². The van der Waals surface area contributed by atoms with Gasteiger partial charge < -0.3 is 19.7 Å². The van der Waals surface area contributed by atoms with Crippen LogP contribution < -0.4 is 19.7 Å². The minimum atomic E-state index is -4.36. The molecule has 0 spiro atoms. The van der Waals surface area contributed by atoms with E-state index >= 15 is 0 Å². The molecule has 2 aliphatic heterocycles. The Labute approximate surface area is 178 Å². The highest BCUT2D eigenvalue weighted by atomic mass is 19.4. The van der Waals surface area contributed by atoms with Crippen molar-refractivity contribution in [1.82, 2.24) is 10.2 Å². The molecule has 1 N–H and O–H groups in total. The lowest BCUT2D eigenvalue weighted by Gasteiger charge is -2.36. The smallest absolute Gasteiger partial charge is 0.416 e. The number of fused-ring (bicyclic) bond motifs is 1. The van der Waals surface area contributed by atoms with E-state index in [4.69, 9.17) is 9.47 Å². The van der Waals surface area contributed by atoms with Crippen LogP contribution in [0.25, 0.3) is 0 Å². The number of amides is 1. The summed E-state index contributed by atoms with van der Waals surface area (Å²) >= 11 is 0. The molecule has 6 nitrogen and oxygen atoms in total. The number of rotatable bonds is 5. The predicted octanol–water partition coefficient (Wildman–Crippen LogP) is 2.78. The molecule has 0 saturated carbocycles. The van der Waals surface area contributed by atoms with E-state index in [9.17, 15) is 18.0 Å². The van der Waals surface area contributed by atoms with Crippen LogP contribution in [-0.2, 0) is 11.0 Å². The van der Waals surface area contributed by atoms with Crippen molar-refractivity contribution in [2.75, 3.05) is 50.8 Å². The average Bonchev–Trinajstić information content (AvgIpc) is 2.77. The van der Waals surface area contributed by atoms with Gasteiger partial charge in [-0.2, -0.15) is 13.2 Å². The van der Waals surface area contributed by atoms with Crippen molar-refractivity contribution in [1.29, 1.82) is 0 Å². The number of para-hydroxylation sites is 2. The van der Waals surface area contributed by atoms with Crippen molar-refractivity contribution in [3.8, 4) is 11.5 Å². The number of alkyl halides is 3. The normalized spacial score (nSPS) is 19.2. The highest BCUT2D eigenvalue weighted by Crippen LogP contribution is 2.32. The minimum Gasteiger partial charge on any atom is -0.486 e. The fraction of sp³-hybridized carbons (Fsp3) is 0.409. The van der Waals surface area contributed by atoms with E-state index in [0.717, 1.165) is 6.07 Å². The molecular weight excluding hydrogens is 411 g/mol. The number of anilines is 1. The van der Waals surface area contributed by atoms with Crippen LogP contribution in [0, 0.1) is 0 Å². The summed E-state index contributed by atoms with van der Waals surface area (Å²) in [6.45, 7) is 3.26. The highest BCUT2D eigenvalue weighted by molar-refractivity contribution is 5.78. The second-order valence-corrected chi connectivity index (χ2v) is 7.61. The number of carbonyl (C=O) groups is 1. The Hall–Kier alpha value is -2.94. The molecule has 2 aromatic rings. The van der Waals surface area contributed by atoms with Gasteiger partial charge in [0, 0.05) is 31.9 Å². The molecular formula is C22H24F3N3O3. The zero-order valence-electron chi connectivity index (χ0n) is 16.9. The first-order chi connectivity index (χ1) is 14.9. The minimum absolute atomic E-state index is 0.116. The summed E-state index contributed by atoms with van der Waals surface area (Å²) in [6.07, 6.45) is -4.61. The van der Waals surface area contributed by atoms with E-state index in [1.165, 1.54) is 12.1 Å². The standard InChI is InChI=1S/C22H24F3N3O3/c23-22(24,25)16-4-3-5-17(12-16)28-10-8-27(9-11-28)14-21(29)26-13-18-15-30-19-6-1-2-7-20(19)31-18/h1-7,12,18H,8-11,13-15H2,(H,26,29). The van der Waals surface area contributed by atoms with Gasteiger partial charge >= 0.3 is 6.18 Å². The first-order valence-corrected chi connectivity index (χ1v) is 10.2. The van der Waals surface area contributed by atoms with Crippen LogP contribution in [0.4, 0.5) is 18.9 Å². The first-order valence-electron chi connectivity index (χ1n) is 10.2. The van der Waals surface area contributed by atoms with Crippen LogP contribution >= 0.6 is 0 Å². The number of carbonyl (C=O) groups excluding carboxylic acids is 1. The number of hydrogen-bond donors (Lipinski definition) is 1. The molecule has 2 aliphatic rings. The monoisotopic (exact) mass is 435 g/mol. The van der Waals surface area contributed by atoms with Crippen LogP contribution in [0.3, 0.4) is 0 Å². The quantitative estimate of drug-likeness (QED) is 0.783. The number of halogens is 3. The lowest BCUT2D eigenvalue weighted by Crippen LogP contribution is -2.50. The maximum absolute atomic E-state index is 12.9. The molecule has 1 atom stereocenters. The average molecular weight is 435 g/mol. The number of hydrogen-bond acceptors (Lipinski definition) is 5. The fourth-order valence-corrected chi connectivity index (χ4v) is 3.69. The second kappa shape index (κ2) is 9.05. The summed E-state index contributed by atoms with van der Waals surface area (Å²) in [5, 5.41) is 2.87. The van der Waals surface area contributed by atoms with Gasteiger partial charge in [-0.3, -0.25) is 9.69 Å². The third-order valence-electron chi connectivity index (χ3n) is 5.37. The summed E-state index contributed by atoms with van der Waals surface area (Å²) in [5.74, 6) is 1.25. The predicted molar refractivity (Wildman–Crippen MR) is 109 cm³/mol. The fourth-order valence-electron chi connectivity index (χ4n) is 3.69. The molecule has 0 radical (unpaired) electrons. The van der Waals surface area contributed by atoms with Gasteiger partial charge in [-0.15, -0.1) is 0 Å². The highest BCUT2D eigenvalue weighted by Gasteiger charge is 2.31. The van der Waals surface area contributed by atoms with Crippen LogP contribution in [0.1, 0.15) is 5.56 Å². The van der Waals surface area contributed by atoms with E-state index in [1.807, 2.05) is 34.1 Å². The zero-order valence-corrected chi connectivity index (χ0v) is 16.9. The Morgan fingerprint density at radius 2 is 1.77 bits per heavy atom. The molecule has 0 aliphatic carbocycles. The number of ether oxygens (including phenoxy) is 2. The van der Waals surface area contributed by atoms with E-state index in [1.54, 1.807) is 6.07 Å². The molecule has 4 rings (SSSR count). The Morgan fingerprint density at radius 3 is 2.52 bits per heavy atom. The summed E-state index contributed by atoms with van der Waals surface area (Å²) in [4.78, 5) is 16.2. The Balaban J connectivity index is 1.21. The van der Waals surface area contributed by atoms with Gasteiger partial charge in [0.25, 0.3) is 0 Å². The van der Waals surface area contributed by atoms with E-state index in [0.29, 0.717) is 56.5 Å². The molecule has 2 aromatic carbocycles. The molecule has 1 fully saturated rings. The summed E-state index contributed by atoms with van der Waals surface area (Å²) in [5.41, 5.74) is -0.100. The summed E-state index contributed by atoms with van der Waals surface area (Å²) in [6, 6.07) is 12.8. The Bertz CT molecular complexity index is 914. The lowest BCUT2D eigenvalue weighted by molar-refractivity contribution is -0.137. The Morgan fingerprint density at radius 1 is 1.03 bits per heavy atom. The molecule has 1 saturated heterocycles. The zero-order chi connectivity index (χ0) is 21.8. The topological polar surface area (TPSA) is 54.0 Å². The van der Waals surface area contributed by atoms with Crippen LogP contribution in [0.2, 0.25) is 0 Å². The number of nitrogens with one attached hydrogen (secondary N) is 1.